The Morgan fingerprint density at radius 3 is 2.36 bits per heavy atom. The minimum atomic E-state index is -1.11. The van der Waals surface area contributed by atoms with Gasteiger partial charge in [0.25, 0.3) is 5.91 Å². The SMILES string of the molecule is CCC[C@H](NC(=O)[C@@H]1C[C@]2(CC(c3ccc(F)c(Cl)c3)=NO2)CN1C(=O)[C@@H](NC(=O)CC(C)(C)C)C(C)(C)C)C(=O)C(=O)NC. The Hall–Kier alpha value is -3.54. The number of carbonyl (C=O) groups is 5. The van der Waals surface area contributed by atoms with Crippen molar-refractivity contribution in [3.8, 4) is 0 Å². The van der Waals surface area contributed by atoms with Crippen molar-refractivity contribution >= 4 is 46.7 Å². The highest BCUT2D eigenvalue weighted by atomic mass is 35.5. The number of hydrogen-bond donors (Lipinski definition) is 3. The Labute approximate surface area is 269 Å². The molecule has 3 rings (SSSR count). The van der Waals surface area contributed by atoms with Gasteiger partial charge >= 0.3 is 0 Å². The molecule has 1 aromatic rings. The lowest BCUT2D eigenvalue weighted by Gasteiger charge is -2.36. The average molecular weight is 650 g/mol. The minimum absolute atomic E-state index is 0.0201. The predicted octanol–water partition coefficient (Wildman–Crippen LogP) is 3.51. The van der Waals surface area contributed by atoms with Crippen molar-refractivity contribution in [3.63, 3.8) is 0 Å². The van der Waals surface area contributed by atoms with Crippen LogP contribution in [0.4, 0.5) is 4.39 Å². The zero-order valence-corrected chi connectivity index (χ0v) is 28.1. The fourth-order valence-electron chi connectivity index (χ4n) is 5.57. The van der Waals surface area contributed by atoms with E-state index in [0.29, 0.717) is 17.7 Å². The van der Waals surface area contributed by atoms with Gasteiger partial charge in [-0.05, 0) is 29.4 Å². The normalized spacial score (nSPS) is 21.1. The smallest absolute Gasteiger partial charge is 0.289 e. The Morgan fingerprint density at radius 1 is 1.13 bits per heavy atom. The number of likely N-dealkylation sites (tertiary alicyclic amines) is 1. The fourth-order valence-corrected chi connectivity index (χ4v) is 5.76. The van der Waals surface area contributed by atoms with E-state index < -0.39 is 58.5 Å². The largest absolute Gasteiger partial charge is 0.387 e. The standard InChI is InChI=1S/C32H45ClFN5O6/c1-9-10-21(25(41)28(43)35-8)36-27(42)23-15-32(14-22(38-45-32)18-11-12-20(34)19(33)13-18)17-39(23)29(44)26(31(5,6)7)37-24(40)16-30(2,3)4/h11-13,21,23,26H,9-10,14-17H2,1-8H3,(H,35,43)(H,36,42)(H,37,40)/t21-,23-,26+,32+/m0/s1. The van der Waals surface area contributed by atoms with Crippen LogP contribution in [0.5, 0.6) is 0 Å². The Balaban J connectivity index is 1.96. The molecule has 1 saturated heterocycles. The summed E-state index contributed by atoms with van der Waals surface area (Å²) in [5, 5.41) is 12.0. The number of nitrogens with one attached hydrogen (secondary N) is 3. The molecule has 45 heavy (non-hydrogen) atoms. The van der Waals surface area contributed by atoms with Gasteiger partial charge in [0.05, 0.1) is 23.3 Å². The van der Waals surface area contributed by atoms with Crippen molar-refractivity contribution in [1.82, 2.24) is 20.9 Å². The molecule has 3 N–H and O–H groups in total. The van der Waals surface area contributed by atoms with E-state index in [4.69, 9.17) is 16.4 Å². The molecule has 2 aliphatic rings. The van der Waals surface area contributed by atoms with Gasteiger partial charge in [-0.15, -0.1) is 0 Å². The summed E-state index contributed by atoms with van der Waals surface area (Å²) < 4.78 is 13.8. The van der Waals surface area contributed by atoms with Gasteiger partial charge in [0, 0.05) is 31.9 Å². The molecule has 1 spiro atoms. The topological polar surface area (TPSA) is 146 Å². The Morgan fingerprint density at radius 2 is 1.80 bits per heavy atom. The van der Waals surface area contributed by atoms with Crippen molar-refractivity contribution in [2.24, 2.45) is 16.0 Å². The second-order valence-corrected chi connectivity index (χ2v) is 14.6. The van der Waals surface area contributed by atoms with Crippen LogP contribution in [0.2, 0.25) is 5.02 Å². The quantitative estimate of drug-likeness (QED) is 0.331. The first-order chi connectivity index (χ1) is 20.8. The highest BCUT2D eigenvalue weighted by molar-refractivity contribution is 6.38. The van der Waals surface area contributed by atoms with Gasteiger partial charge in [0.2, 0.25) is 23.5 Å². The zero-order chi connectivity index (χ0) is 33.9. The van der Waals surface area contributed by atoms with Gasteiger partial charge in [-0.1, -0.05) is 77.7 Å². The number of amides is 4. The van der Waals surface area contributed by atoms with Crippen molar-refractivity contribution in [2.75, 3.05) is 13.6 Å². The third-order valence-electron chi connectivity index (χ3n) is 7.85. The molecule has 11 nitrogen and oxygen atoms in total. The van der Waals surface area contributed by atoms with Gasteiger partial charge in [0.15, 0.2) is 5.60 Å². The molecule has 2 aliphatic heterocycles. The summed E-state index contributed by atoms with van der Waals surface area (Å²) in [6.45, 7) is 13.0. The molecular weight excluding hydrogens is 605 g/mol. The van der Waals surface area contributed by atoms with E-state index in [2.05, 4.69) is 21.1 Å². The Bertz CT molecular complexity index is 1370. The number of Topliss-reactive ketones (excluding diaryl/α,β-unsaturated/α-hetero) is 1. The maximum atomic E-state index is 14.3. The molecule has 0 radical (unpaired) electrons. The van der Waals surface area contributed by atoms with Gasteiger partial charge in [-0.3, -0.25) is 24.0 Å². The lowest BCUT2D eigenvalue weighted by molar-refractivity contribution is -0.145. The monoisotopic (exact) mass is 649 g/mol. The summed E-state index contributed by atoms with van der Waals surface area (Å²) in [4.78, 5) is 73.4. The molecule has 0 aromatic heterocycles. The second-order valence-electron chi connectivity index (χ2n) is 14.2. The van der Waals surface area contributed by atoms with Crippen LogP contribution in [0.15, 0.2) is 23.4 Å². The van der Waals surface area contributed by atoms with E-state index in [1.54, 1.807) is 0 Å². The number of hydrogen-bond acceptors (Lipinski definition) is 7. The summed E-state index contributed by atoms with van der Waals surface area (Å²) in [5.74, 6) is -3.65. The summed E-state index contributed by atoms with van der Waals surface area (Å²) in [7, 11) is 1.33. The molecule has 0 unspecified atom stereocenters. The number of rotatable bonds is 10. The molecule has 248 valence electrons. The maximum Gasteiger partial charge on any atom is 0.289 e. The summed E-state index contributed by atoms with van der Waals surface area (Å²) in [6, 6.07) is 0.973. The van der Waals surface area contributed by atoms with Crippen LogP contribution < -0.4 is 16.0 Å². The van der Waals surface area contributed by atoms with E-state index in [9.17, 15) is 28.4 Å². The van der Waals surface area contributed by atoms with Crippen molar-refractivity contribution in [1.29, 1.82) is 0 Å². The predicted molar refractivity (Wildman–Crippen MR) is 168 cm³/mol. The van der Waals surface area contributed by atoms with Gasteiger partial charge in [-0.25, -0.2) is 4.39 Å². The van der Waals surface area contributed by atoms with Crippen LogP contribution >= 0.6 is 11.6 Å². The molecule has 4 atom stereocenters. The highest BCUT2D eigenvalue weighted by Crippen LogP contribution is 2.40. The number of oxime groups is 1. The summed E-state index contributed by atoms with van der Waals surface area (Å²) >= 11 is 6.00. The number of carbonyl (C=O) groups excluding carboxylic acids is 5. The average Bonchev–Trinajstić information content (AvgIpc) is 3.53. The van der Waals surface area contributed by atoms with Gasteiger partial charge in [-0.2, -0.15) is 0 Å². The molecule has 1 fully saturated rings. The summed E-state index contributed by atoms with van der Waals surface area (Å²) in [6.07, 6.45) is 1.12. The minimum Gasteiger partial charge on any atom is -0.387 e. The van der Waals surface area contributed by atoms with E-state index in [-0.39, 0.29) is 48.6 Å². The van der Waals surface area contributed by atoms with Crippen LogP contribution in [0.25, 0.3) is 0 Å². The van der Waals surface area contributed by atoms with Crippen LogP contribution in [-0.2, 0) is 28.8 Å². The van der Waals surface area contributed by atoms with Gasteiger partial charge < -0.3 is 25.7 Å². The van der Waals surface area contributed by atoms with E-state index >= 15 is 0 Å². The number of likely N-dealkylation sites (N-methyl/N-ethyl adjacent to an activating group) is 1. The highest BCUT2D eigenvalue weighted by Gasteiger charge is 2.55. The molecule has 13 heteroatoms. The number of halogens is 2. The first-order valence-electron chi connectivity index (χ1n) is 15.2. The van der Waals surface area contributed by atoms with Gasteiger partial charge in [0.1, 0.15) is 17.9 Å². The van der Waals surface area contributed by atoms with Crippen LogP contribution in [0.1, 0.15) is 86.1 Å². The Kier molecular flexibility index (Phi) is 11.1. The van der Waals surface area contributed by atoms with E-state index in [1.807, 2.05) is 48.5 Å². The fraction of sp³-hybridized carbons (Fsp3) is 0.625. The van der Waals surface area contributed by atoms with E-state index in [1.165, 1.54) is 30.1 Å². The third-order valence-corrected chi connectivity index (χ3v) is 8.14. The molecular formula is C32H45ClFN5O6. The van der Waals surface area contributed by atoms with Crippen molar-refractivity contribution in [3.05, 3.63) is 34.6 Å². The van der Waals surface area contributed by atoms with Crippen molar-refractivity contribution < 1.29 is 33.2 Å². The first kappa shape index (κ1) is 35.9. The summed E-state index contributed by atoms with van der Waals surface area (Å²) in [5.41, 5.74) is -1.17. The van der Waals surface area contributed by atoms with Crippen LogP contribution in [0, 0.1) is 16.6 Å². The second kappa shape index (κ2) is 13.8. The molecule has 2 heterocycles. The van der Waals surface area contributed by atoms with Crippen LogP contribution in [0.3, 0.4) is 0 Å². The molecule has 4 amide bonds. The third kappa shape index (κ3) is 8.80. The maximum absolute atomic E-state index is 14.3. The molecule has 0 aliphatic carbocycles. The van der Waals surface area contributed by atoms with Crippen LogP contribution in [-0.4, -0.2) is 77.3 Å². The number of ketones is 1. The van der Waals surface area contributed by atoms with E-state index in [0.717, 1.165) is 0 Å². The molecule has 0 bridgehead atoms. The lowest BCUT2D eigenvalue weighted by atomic mass is 9.84. The number of benzene rings is 1. The lowest BCUT2D eigenvalue weighted by Crippen LogP contribution is -2.59. The first-order valence-corrected chi connectivity index (χ1v) is 15.5. The molecule has 1 aromatic carbocycles. The number of nitrogens with zero attached hydrogens (tertiary/aromatic N) is 2. The van der Waals surface area contributed by atoms with Crippen molar-refractivity contribution in [2.45, 2.75) is 104 Å². The zero-order valence-electron chi connectivity index (χ0n) is 27.3. The molecule has 0 saturated carbocycles.